The molecule has 0 aliphatic rings. The highest BCUT2D eigenvalue weighted by atomic mass is 16.5. The van der Waals surface area contributed by atoms with Gasteiger partial charge in [0.1, 0.15) is 12.4 Å². The van der Waals surface area contributed by atoms with Crippen molar-refractivity contribution in [3.05, 3.63) is 59.7 Å². The van der Waals surface area contributed by atoms with Gasteiger partial charge in [0.2, 0.25) is 0 Å². The van der Waals surface area contributed by atoms with Gasteiger partial charge in [0.05, 0.1) is 12.7 Å². The van der Waals surface area contributed by atoms with Gasteiger partial charge in [0.25, 0.3) is 5.91 Å². The lowest BCUT2D eigenvalue weighted by Gasteiger charge is -2.17. The first-order valence-corrected chi connectivity index (χ1v) is 9.02. The topological polar surface area (TPSA) is 67.9 Å². The Kier molecular flexibility index (Phi) is 7.82. The molecule has 0 aliphatic carbocycles. The van der Waals surface area contributed by atoms with Crippen molar-refractivity contribution in [3.63, 3.8) is 0 Å². The Morgan fingerprint density at radius 1 is 0.926 bits per heavy atom. The van der Waals surface area contributed by atoms with E-state index in [1.807, 2.05) is 0 Å². The van der Waals surface area contributed by atoms with Crippen molar-refractivity contribution < 1.29 is 19.1 Å². The van der Waals surface area contributed by atoms with Crippen molar-refractivity contribution in [3.8, 4) is 5.75 Å². The average Bonchev–Trinajstić information content (AvgIpc) is 2.71. The number of rotatable bonds is 9. The molecule has 144 valence electrons. The zero-order valence-corrected chi connectivity index (χ0v) is 16.0. The van der Waals surface area contributed by atoms with E-state index in [0.717, 1.165) is 19.6 Å². The van der Waals surface area contributed by atoms with Crippen LogP contribution in [0.5, 0.6) is 5.75 Å². The monoisotopic (exact) mass is 370 g/mol. The zero-order chi connectivity index (χ0) is 19.6. The van der Waals surface area contributed by atoms with Crippen LogP contribution in [0.1, 0.15) is 34.6 Å². The number of hydrogen-bond acceptors (Lipinski definition) is 5. The Hall–Kier alpha value is -2.86. The van der Waals surface area contributed by atoms with Crippen molar-refractivity contribution in [1.82, 2.24) is 4.90 Å². The summed E-state index contributed by atoms with van der Waals surface area (Å²) in [4.78, 5) is 26.5. The van der Waals surface area contributed by atoms with Gasteiger partial charge in [-0.25, -0.2) is 4.79 Å². The normalized spacial score (nSPS) is 10.5. The van der Waals surface area contributed by atoms with Crippen LogP contribution in [0.4, 0.5) is 5.69 Å². The van der Waals surface area contributed by atoms with Crippen molar-refractivity contribution in [2.24, 2.45) is 0 Å². The number of carbonyl (C=O) groups excluding carboxylic acids is 2. The smallest absolute Gasteiger partial charge is 0.338 e. The van der Waals surface area contributed by atoms with E-state index in [1.54, 1.807) is 55.6 Å². The van der Waals surface area contributed by atoms with Gasteiger partial charge in [0.15, 0.2) is 0 Å². The van der Waals surface area contributed by atoms with Crippen LogP contribution < -0.4 is 10.1 Å². The molecule has 0 aromatic heterocycles. The number of anilines is 1. The van der Waals surface area contributed by atoms with Gasteiger partial charge in [-0.05, 0) is 61.6 Å². The highest BCUT2D eigenvalue weighted by Crippen LogP contribution is 2.15. The Labute approximate surface area is 160 Å². The van der Waals surface area contributed by atoms with Crippen LogP contribution in [0.2, 0.25) is 0 Å². The summed E-state index contributed by atoms with van der Waals surface area (Å²) in [5.41, 5.74) is 1.59. The maximum atomic E-state index is 12.2. The molecule has 6 nitrogen and oxygen atoms in total. The van der Waals surface area contributed by atoms with E-state index >= 15 is 0 Å². The number of ether oxygens (including phenoxy) is 2. The van der Waals surface area contributed by atoms with Crippen LogP contribution in [0, 0.1) is 0 Å². The standard InChI is InChI=1S/C21H26N2O4/c1-4-23(5-2)14-15-27-21(25)17-6-10-18(11-7-17)22-20(24)16-8-12-19(26-3)13-9-16/h6-13H,4-5,14-15H2,1-3H3,(H,22,24). The van der Waals surface area contributed by atoms with E-state index in [4.69, 9.17) is 9.47 Å². The highest BCUT2D eigenvalue weighted by molar-refractivity contribution is 6.04. The summed E-state index contributed by atoms with van der Waals surface area (Å²) in [6.45, 7) is 7.08. The molecule has 0 aliphatic heterocycles. The number of carbonyl (C=O) groups is 2. The van der Waals surface area contributed by atoms with Crippen LogP contribution >= 0.6 is 0 Å². The van der Waals surface area contributed by atoms with Crippen LogP contribution in [0.25, 0.3) is 0 Å². The number of methoxy groups -OCH3 is 1. The molecule has 0 saturated heterocycles. The van der Waals surface area contributed by atoms with Gasteiger partial charge in [-0.1, -0.05) is 13.8 Å². The maximum absolute atomic E-state index is 12.2. The molecule has 1 amide bonds. The molecule has 0 atom stereocenters. The molecule has 0 saturated carbocycles. The maximum Gasteiger partial charge on any atom is 0.338 e. The van der Waals surface area contributed by atoms with Gasteiger partial charge in [-0.2, -0.15) is 0 Å². The largest absolute Gasteiger partial charge is 0.497 e. The van der Waals surface area contributed by atoms with Gasteiger partial charge < -0.3 is 19.7 Å². The number of nitrogens with one attached hydrogen (secondary N) is 1. The molecule has 2 aromatic carbocycles. The molecular formula is C21H26N2O4. The second-order valence-corrected chi connectivity index (χ2v) is 5.92. The first-order chi connectivity index (χ1) is 13.1. The SMILES string of the molecule is CCN(CC)CCOC(=O)c1ccc(NC(=O)c2ccc(OC)cc2)cc1. The van der Waals surface area contributed by atoms with Gasteiger partial charge in [0, 0.05) is 17.8 Å². The van der Waals surface area contributed by atoms with Gasteiger partial charge in [-0.15, -0.1) is 0 Å². The minimum absolute atomic E-state index is 0.229. The van der Waals surface area contributed by atoms with E-state index in [2.05, 4.69) is 24.1 Å². The summed E-state index contributed by atoms with van der Waals surface area (Å²) < 4.78 is 10.4. The minimum Gasteiger partial charge on any atom is -0.497 e. The predicted octanol–water partition coefficient (Wildman–Crippen LogP) is 3.45. The van der Waals surface area contributed by atoms with Crippen molar-refractivity contribution in [1.29, 1.82) is 0 Å². The van der Waals surface area contributed by atoms with E-state index in [9.17, 15) is 9.59 Å². The molecule has 0 heterocycles. The molecule has 0 fully saturated rings. The molecular weight excluding hydrogens is 344 g/mol. The lowest BCUT2D eigenvalue weighted by Crippen LogP contribution is -2.27. The molecule has 0 radical (unpaired) electrons. The molecule has 1 N–H and O–H groups in total. The van der Waals surface area contributed by atoms with Crippen molar-refractivity contribution in [2.45, 2.75) is 13.8 Å². The summed E-state index contributed by atoms with van der Waals surface area (Å²) in [5.74, 6) is 0.0952. The third kappa shape index (κ3) is 6.11. The lowest BCUT2D eigenvalue weighted by atomic mass is 10.1. The Bertz CT molecular complexity index is 738. The summed E-state index contributed by atoms with van der Waals surface area (Å²) in [6.07, 6.45) is 0. The third-order valence-electron chi connectivity index (χ3n) is 4.27. The predicted molar refractivity (Wildman–Crippen MR) is 105 cm³/mol. The third-order valence-corrected chi connectivity index (χ3v) is 4.27. The molecule has 0 spiro atoms. The van der Waals surface area contributed by atoms with Crippen LogP contribution in [-0.2, 0) is 4.74 Å². The Balaban J connectivity index is 1.88. The minimum atomic E-state index is -0.366. The summed E-state index contributed by atoms with van der Waals surface area (Å²) in [5, 5.41) is 2.80. The second-order valence-electron chi connectivity index (χ2n) is 5.92. The molecule has 2 rings (SSSR count). The van der Waals surface area contributed by atoms with Crippen LogP contribution in [0.3, 0.4) is 0 Å². The number of likely N-dealkylation sites (N-methyl/N-ethyl adjacent to an activating group) is 1. The van der Waals surface area contributed by atoms with Crippen LogP contribution in [0.15, 0.2) is 48.5 Å². The van der Waals surface area contributed by atoms with E-state index in [1.165, 1.54) is 0 Å². The fraction of sp³-hybridized carbons (Fsp3) is 0.333. The number of esters is 1. The molecule has 0 bridgehead atoms. The Morgan fingerprint density at radius 3 is 2.07 bits per heavy atom. The molecule has 27 heavy (non-hydrogen) atoms. The van der Waals surface area contributed by atoms with Crippen molar-refractivity contribution >= 4 is 17.6 Å². The second kappa shape index (κ2) is 10.3. The Morgan fingerprint density at radius 2 is 1.52 bits per heavy atom. The van der Waals surface area contributed by atoms with Gasteiger partial charge >= 0.3 is 5.97 Å². The first-order valence-electron chi connectivity index (χ1n) is 9.02. The van der Waals surface area contributed by atoms with E-state index in [0.29, 0.717) is 29.2 Å². The summed E-state index contributed by atoms with van der Waals surface area (Å²) in [7, 11) is 1.57. The fourth-order valence-electron chi connectivity index (χ4n) is 2.53. The summed E-state index contributed by atoms with van der Waals surface area (Å²) in [6, 6.07) is 13.5. The molecule has 6 heteroatoms. The molecule has 0 unspecified atom stereocenters. The summed E-state index contributed by atoms with van der Waals surface area (Å²) >= 11 is 0. The zero-order valence-electron chi connectivity index (χ0n) is 16.0. The number of amides is 1. The number of benzene rings is 2. The molecule has 2 aromatic rings. The lowest BCUT2D eigenvalue weighted by molar-refractivity contribution is 0.0466. The van der Waals surface area contributed by atoms with Crippen molar-refractivity contribution in [2.75, 3.05) is 38.7 Å². The number of nitrogens with zero attached hydrogens (tertiary/aromatic N) is 1. The number of hydrogen-bond donors (Lipinski definition) is 1. The van der Waals surface area contributed by atoms with Crippen LogP contribution in [-0.4, -0.2) is 50.1 Å². The quantitative estimate of drug-likeness (QED) is 0.685. The first kappa shape index (κ1) is 20.5. The highest BCUT2D eigenvalue weighted by Gasteiger charge is 2.10. The van der Waals surface area contributed by atoms with Gasteiger partial charge in [-0.3, -0.25) is 4.79 Å². The fourth-order valence-corrected chi connectivity index (χ4v) is 2.53. The van der Waals surface area contributed by atoms with E-state index in [-0.39, 0.29) is 11.9 Å². The van der Waals surface area contributed by atoms with E-state index < -0.39 is 0 Å². The average molecular weight is 370 g/mol.